The van der Waals surface area contributed by atoms with E-state index in [0.717, 1.165) is 0 Å². The highest BCUT2D eigenvalue weighted by atomic mass is 31.1. The van der Waals surface area contributed by atoms with Crippen molar-refractivity contribution in [3.8, 4) is 0 Å². The molecule has 0 fully saturated rings. The molecule has 1 unspecified atom stereocenters. The van der Waals surface area contributed by atoms with Gasteiger partial charge in [0.25, 0.3) is 8.03 Å². The molecule has 0 saturated carbocycles. The Morgan fingerprint density at radius 3 is 2.00 bits per heavy atom. The molecule has 1 atom stereocenters. The highest BCUT2D eigenvalue weighted by molar-refractivity contribution is 7.56. The van der Waals surface area contributed by atoms with Crippen LogP contribution < -0.4 is 0 Å². The van der Waals surface area contributed by atoms with Crippen LogP contribution in [0, 0.1) is 20.8 Å². The standard InChI is InChI=1S/C9H12.C3H7O3P/c1-7-5-4-6-8(2)9(7)3;1-2-6-7(5)3-4/h4-6H,1-3H3;3,7H,2H2,1H3. The summed E-state index contributed by atoms with van der Waals surface area (Å²) < 4.78 is 14.4. The van der Waals surface area contributed by atoms with Crippen LogP contribution in [-0.4, -0.2) is 12.6 Å². The lowest BCUT2D eigenvalue weighted by molar-refractivity contribution is 0.357. The van der Waals surface area contributed by atoms with E-state index in [1.54, 1.807) is 6.92 Å². The predicted molar refractivity (Wildman–Crippen MR) is 68.0 cm³/mol. The molecule has 0 aromatic heterocycles. The molecule has 0 N–H and O–H groups in total. The second-order valence-corrected chi connectivity index (χ2v) is 4.55. The van der Waals surface area contributed by atoms with Crippen LogP contribution in [0.15, 0.2) is 18.2 Å². The minimum atomic E-state index is -2.31. The number of carbonyl (C=O) groups excluding carboxylic acids is 1. The molecule has 0 aliphatic heterocycles. The fraction of sp³-hybridized carbons (Fsp3) is 0.417. The summed E-state index contributed by atoms with van der Waals surface area (Å²) in [7, 11) is -2.31. The number of carbonyl (C=O) groups is 1. The van der Waals surface area contributed by atoms with Crippen LogP contribution >= 0.6 is 8.03 Å². The Morgan fingerprint density at radius 2 is 1.75 bits per heavy atom. The molecule has 0 bridgehead atoms. The second-order valence-electron chi connectivity index (χ2n) is 3.39. The van der Waals surface area contributed by atoms with Crippen LogP contribution in [0.25, 0.3) is 0 Å². The molecule has 16 heavy (non-hydrogen) atoms. The Labute approximate surface area is 97.7 Å². The predicted octanol–water partition coefficient (Wildman–Crippen LogP) is 3.30. The molecule has 4 heteroatoms. The number of rotatable bonds is 3. The van der Waals surface area contributed by atoms with Crippen molar-refractivity contribution in [2.45, 2.75) is 27.7 Å². The Kier molecular flexibility index (Phi) is 7.78. The summed E-state index contributed by atoms with van der Waals surface area (Å²) in [6, 6.07) is 6.70. The molecule has 0 spiro atoms. The van der Waals surface area contributed by atoms with E-state index in [-0.39, 0.29) is 0 Å². The first-order valence-electron chi connectivity index (χ1n) is 5.17. The minimum Gasteiger partial charge on any atom is -0.326 e. The van der Waals surface area contributed by atoms with Crippen LogP contribution in [0.5, 0.6) is 0 Å². The van der Waals surface area contributed by atoms with Gasteiger partial charge in [-0.3, -0.25) is 9.36 Å². The molecule has 90 valence electrons. The Balaban J connectivity index is 0.000000293. The molecule has 0 heterocycles. The van der Waals surface area contributed by atoms with E-state index in [0.29, 0.717) is 12.6 Å². The fourth-order valence-corrected chi connectivity index (χ4v) is 1.43. The third-order valence-corrected chi connectivity index (χ3v) is 3.02. The van der Waals surface area contributed by atoms with E-state index in [1.165, 1.54) is 16.7 Å². The van der Waals surface area contributed by atoms with E-state index >= 15 is 0 Å². The molecule has 1 aromatic carbocycles. The first kappa shape index (κ1) is 15.1. The number of hydrogen-bond acceptors (Lipinski definition) is 3. The lowest BCUT2D eigenvalue weighted by Gasteiger charge is -2.00. The van der Waals surface area contributed by atoms with Gasteiger partial charge in [0.15, 0.2) is 0 Å². The molecule has 1 aromatic rings. The van der Waals surface area contributed by atoms with Gasteiger partial charge in [0.2, 0.25) is 6.03 Å². The molecule has 0 saturated heterocycles. The van der Waals surface area contributed by atoms with Crippen LogP contribution in [-0.2, 0) is 13.9 Å². The van der Waals surface area contributed by atoms with Gasteiger partial charge in [-0.25, -0.2) is 0 Å². The van der Waals surface area contributed by atoms with Gasteiger partial charge in [-0.1, -0.05) is 18.2 Å². The number of hydrogen-bond donors (Lipinski definition) is 0. The van der Waals surface area contributed by atoms with Crippen molar-refractivity contribution in [1.82, 2.24) is 0 Å². The lowest BCUT2D eigenvalue weighted by Crippen LogP contribution is -1.82. The van der Waals surface area contributed by atoms with Crippen LogP contribution in [0.1, 0.15) is 23.6 Å². The highest BCUT2D eigenvalue weighted by Gasteiger charge is 1.91. The summed E-state index contributed by atoms with van der Waals surface area (Å²) in [5, 5.41) is 0. The van der Waals surface area contributed by atoms with Gasteiger partial charge in [0.1, 0.15) is 0 Å². The average molecular weight is 242 g/mol. The molecule has 0 aliphatic rings. The molecule has 0 aliphatic carbocycles. The minimum absolute atomic E-state index is 0.328. The molecular formula is C12H19O3P. The van der Waals surface area contributed by atoms with Gasteiger partial charge >= 0.3 is 0 Å². The zero-order valence-electron chi connectivity index (χ0n) is 10.2. The van der Waals surface area contributed by atoms with E-state index < -0.39 is 8.03 Å². The first-order chi connectivity index (χ1) is 7.52. The Hall–Kier alpha value is -0.920. The summed E-state index contributed by atoms with van der Waals surface area (Å²) >= 11 is 0. The van der Waals surface area contributed by atoms with E-state index in [4.69, 9.17) is 0 Å². The van der Waals surface area contributed by atoms with Gasteiger partial charge < -0.3 is 4.52 Å². The van der Waals surface area contributed by atoms with Crippen molar-refractivity contribution >= 4 is 14.1 Å². The van der Waals surface area contributed by atoms with Crippen molar-refractivity contribution in [2.24, 2.45) is 0 Å². The second kappa shape index (κ2) is 8.26. The summed E-state index contributed by atoms with van der Waals surface area (Å²) in [6.45, 7) is 8.47. The third kappa shape index (κ3) is 5.84. The Morgan fingerprint density at radius 1 is 1.25 bits per heavy atom. The summed E-state index contributed by atoms with van der Waals surface area (Å²) in [4.78, 5) is 9.50. The Bertz CT molecular complexity index is 341. The maximum atomic E-state index is 10.0. The third-order valence-electron chi connectivity index (χ3n) is 2.26. The van der Waals surface area contributed by atoms with Gasteiger partial charge in [-0.2, -0.15) is 0 Å². The van der Waals surface area contributed by atoms with Crippen molar-refractivity contribution in [3.63, 3.8) is 0 Å². The van der Waals surface area contributed by atoms with Crippen LogP contribution in [0.4, 0.5) is 0 Å². The molecular weight excluding hydrogens is 223 g/mol. The fourth-order valence-electron chi connectivity index (χ4n) is 1.07. The van der Waals surface area contributed by atoms with E-state index in [2.05, 4.69) is 43.5 Å². The summed E-state index contributed by atoms with van der Waals surface area (Å²) in [6.07, 6.45) is 0. The van der Waals surface area contributed by atoms with Gasteiger partial charge in [0.05, 0.1) is 6.61 Å². The van der Waals surface area contributed by atoms with Gasteiger partial charge in [-0.15, -0.1) is 0 Å². The van der Waals surface area contributed by atoms with Gasteiger partial charge in [0, 0.05) is 0 Å². The van der Waals surface area contributed by atoms with Crippen LogP contribution in [0.2, 0.25) is 0 Å². The van der Waals surface area contributed by atoms with Crippen molar-refractivity contribution in [1.29, 1.82) is 0 Å². The zero-order chi connectivity index (χ0) is 12.6. The SMILES string of the molecule is CCO[PH](=O)C=O.Cc1cccc(C)c1C. The quantitative estimate of drug-likeness (QED) is 0.603. The highest BCUT2D eigenvalue weighted by Crippen LogP contribution is 2.14. The van der Waals surface area contributed by atoms with Crippen LogP contribution in [0.3, 0.4) is 0 Å². The largest absolute Gasteiger partial charge is 0.326 e. The monoisotopic (exact) mass is 242 g/mol. The topological polar surface area (TPSA) is 43.4 Å². The molecule has 1 rings (SSSR count). The zero-order valence-corrected chi connectivity index (χ0v) is 11.2. The molecule has 0 amide bonds. The first-order valence-corrected chi connectivity index (χ1v) is 6.57. The van der Waals surface area contributed by atoms with E-state index in [9.17, 15) is 9.36 Å². The maximum absolute atomic E-state index is 10.0. The number of aryl methyl sites for hydroxylation is 2. The molecule has 3 nitrogen and oxygen atoms in total. The normalized spacial score (nSPS) is 11.2. The summed E-state index contributed by atoms with van der Waals surface area (Å²) in [5.41, 5.74) is 4.18. The number of benzene rings is 1. The lowest BCUT2D eigenvalue weighted by atomic mass is 10.1. The maximum Gasteiger partial charge on any atom is 0.252 e. The molecule has 0 radical (unpaired) electrons. The smallest absolute Gasteiger partial charge is 0.252 e. The van der Waals surface area contributed by atoms with Crippen molar-refractivity contribution in [2.75, 3.05) is 6.61 Å². The van der Waals surface area contributed by atoms with Gasteiger partial charge in [-0.05, 0) is 44.4 Å². The van der Waals surface area contributed by atoms with Crippen molar-refractivity contribution in [3.05, 3.63) is 34.9 Å². The van der Waals surface area contributed by atoms with Crippen molar-refractivity contribution < 1.29 is 13.9 Å². The van der Waals surface area contributed by atoms with E-state index in [1.807, 2.05) is 0 Å². The average Bonchev–Trinajstić information content (AvgIpc) is 2.27. The summed E-state index contributed by atoms with van der Waals surface area (Å²) in [5.74, 6) is 0.